The van der Waals surface area contributed by atoms with Gasteiger partial charge >= 0.3 is 0 Å². The van der Waals surface area contributed by atoms with Crippen LogP contribution in [-0.4, -0.2) is 9.97 Å². The molecule has 0 amide bonds. The molecule has 3 aromatic rings. The highest BCUT2D eigenvalue weighted by molar-refractivity contribution is 7.99. The van der Waals surface area contributed by atoms with Crippen LogP contribution in [0.5, 0.6) is 0 Å². The summed E-state index contributed by atoms with van der Waals surface area (Å²) in [6.07, 6.45) is 1.53. The molecule has 0 bridgehead atoms. The molecular weight excluding hydrogens is 292 g/mol. The Bertz CT molecular complexity index is 757. The van der Waals surface area contributed by atoms with E-state index in [1.54, 1.807) is 0 Å². The minimum absolute atomic E-state index is 0.553. The van der Waals surface area contributed by atoms with Crippen molar-refractivity contribution in [3.05, 3.63) is 66.5 Å². The average Bonchev–Trinajstić information content (AvgIpc) is 2.54. The maximum absolute atomic E-state index is 6.20. The first-order valence-electron chi connectivity index (χ1n) is 6.89. The van der Waals surface area contributed by atoms with Crippen LogP contribution in [0.4, 0.5) is 17.2 Å². The number of anilines is 3. The van der Waals surface area contributed by atoms with E-state index in [1.165, 1.54) is 23.7 Å². The van der Waals surface area contributed by atoms with Crippen molar-refractivity contribution in [1.29, 1.82) is 0 Å². The summed E-state index contributed by atoms with van der Waals surface area (Å²) < 4.78 is 0. The Labute approximate surface area is 133 Å². The molecule has 4 nitrogen and oxygen atoms in total. The van der Waals surface area contributed by atoms with E-state index in [9.17, 15) is 0 Å². The third kappa shape index (κ3) is 3.38. The van der Waals surface area contributed by atoms with Crippen molar-refractivity contribution in [3.8, 4) is 0 Å². The Hall–Kier alpha value is -2.53. The fourth-order valence-corrected chi connectivity index (χ4v) is 2.76. The minimum Gasteiger partial charge on any atom is -0.394 e. The number of aromatic nitrogens is 2. The highest BCUT2D eigenvalue weighted by Crippen LogP contribution is 2.33. The van der Waals surface area contributed by atoms with Gasteiger partial charge in [0.15, 0.2) is 5.82 Å². The first-order valence-corrected chi connectivity index (χ1v) is 7.71. The Balaban J connectivity index is 1.84. The van der Waals surface area contributed by atoms with E-state index in [4.69, 9.17) is 5.73 Å². The molecule has 0 unspecified atom stereocenters. The molecule has 3 N–H and O–H groups in total. The third-order valence-corrected chi connectivity index (χ3v) is 4.15. The molecule has 0 radical (unpaired) electrons. The molecule has 0 fully saturated rings. The van der Waals surface area contributed by atoms with E-state index in [-0.39, 0.29) is 0 Å². The van der Waals surface area contributed by atoms with Gasteiger partial charge in [0.2, 0.25) is 0 Å². The third-order valence-electron chi connectivity index (χ3n) is 3.12. The number of rotatable bonds is 4. The van der Waals surface area contributed by atoms with Gasteiger partial charge in [-0.15, -0.1) is 0 Å². The van der Waals surface area contributed by atoms with Crippen LogP contribution in [0, 0.1) is 6.92 Å². The summed E-state index contributed by atoms with van der Waals surface area (Å²) in [5, 5.41) is 3.98. The van der Waals surface area contributed by atoms with Crippen LogP contribution in [-0.2, 0) is 0 Å². The Morgan fingerprint density at radius 3 is 2.41 bits per heavy atom. The Morgan fingerprint density at radius 1 is 0.955 bits per heavy atom. The predicted octanol–water partition coefficient (Wildman–Crippen LogP) is 4.26. The van der Waals surface area contributed by atoms with E-state index in [0.29, 0.717) is 11.5 Å². The lowest BCUT2D eigenvalue weighted by atomic mass is 10.2. The van der Waals surface area contributed by atoms with E-state index in [1.807, 2.05) is 54.6 Å². The lowest BCUT2D eigenvalue weighted by Gasteiger charge is -2.11. The van der Waals surface area contributed by atoms with Gasteiger partial charge in [0, 0.05) is 10.6 Å². The molecule has 1 heterocycles. The quantitative estimate of drug-likeness (QED) is 0.705. The number of nitrogen functional groups attached to an aromatic ring is 1. The average molecular weight is 308 g/mol. The van der Waals surface area contributed by atoms with Crippen molar-refractivity contribution in [1.82, 2.24) is 9.97 Å². The van der Waals surface area contributed by atoms with Crippen molar-refractivity contribution in [2.45, 2.75) is 16.8 Å². The van der Waals surface area contributed by atoms with Gasteiger partial charge in [0.1, 0.15) is 17.0 Å². The number of nitrogens with two attached hydrogens (primary N) is 1. The van der Waals surface area contributed by atoms with Crippen LogP contribution in [0.2, 0.25) is 0 Å². The van der Waals surface area contributed by atoms with Crippen LogP contribution < -0.4 is 11.1 Å². The second kappa shape index (κ2) is 6.49. The van der Waals surface area contributed by atoms with Gasteiger partial charge in [0.05, 0.1) is 0 Å². The number of hydrogen-bond donors (Lipinski definition) is 2. The summed E-state index contributed by atoms with van der Waals surface area (Å²) in [6.45, 7) is 2.05. The number of nitrogens with one attached hydrogen (secondary N) is 1. The van der Waals surface area contributed by atoms with Crippen LogP contribution in [0.15, 0.2) is 70.8 Å². The van der Waals surface area contributed by atoms with Gasteiger partial charge < -0.3 is 11.1 Å². The zero-order valence-electron chi connectivity index (χ0n) is 12.2. The van der Waals surface area contributed by atoms with Gasteiger partial charge in [0.25, 0.3) is 0 Å². The highest BCUT2D eigenvalue weighted by atomic mass is 32.2. The summed E-state index contributed by atoms with van der Waals surface area (Å²) >= 11 is 1.53. The topological polar surface area (TPSA) is 63.8 Å². The first-order chi connectivity index (χ1) is 10.7. The predicted molar refractivity (Wildman–Crippen MR) is 91.5 cm³/mol. The fourth-order valence-electron chi connectivity index (χ4n) is 1.93. The molecule has 0 aliphatic carbocycles. The van der Waals surface area contributed by atoms with E-state index in [2.05, 4.69) is 22.2 Å². The molecule has 0 atom stereocenters. The summed E-state index contributed by atoms with van der Waals surface area (Å²) in [4.78, 5) is 9.61. The lowest BCUT2D eigenvalue weighted by molar-refractivity contribution is 1.06. The Kier molecular flexibility index (Phi) is 4.25. The molecule has 0 aliphatic heterocycles. The SMILES string of the molecule is Cc1ccc(Nc2ncnc(Sc3ccccc3)c2N)cc1. The summed E-state index contributed by atoms with van der Waals surface area (Å²) in [5.41, 5.74) is 8.91. The molecule has 0 saturated heterocycles. The minimum atomic E-state index is 0.553. The van der Waals surface area contributed by atoms with Gasteiger partial charge in [-0.05, 0) is 31.2 Å². The first kappa shape index (κ1) is 14.4. The molecule has 0 aliphatic rings. The maximum Gasteiger partial charge on any atom is 0.158 e. The number of hydrogen-bond acceptors (Lipinski definition) is 5. The summed E-state index contributed by atoms with van der Waals surface area (Å²) in [7, 11) is 0. The van der Waals surface area contributed by atoms with E-state index < -0.39 is 0 Å². The maximum atomic E-state index is 6.20. The van der Waals surface area contributed by atoms with Gasteiger partial charge in [-0.3, -0.25) is 0 Å². The zero-order valence-corrected chi connectivity index (χ0v) is 13.0. The highest BCUT2D eigenvalue weighted by Gasteiger charge is 2.09. The van der Waals surface area contributed by atoms with E-state index >= 15 is 0 Å². The number of nitrogens with zero attached hydrogens (tertiary/aromatic N) is 2. The molecule has 22 heavy (non-hydrogen) atoms. The summed E-state index contributed by atoms with van der Waals surface area (Å²) in [5.74, 6) is 0.622. The smallest absolute Gasteiger partial charge is 0.158 e. The van der Waals surface area contributed by atoms with Crippen molar-refractivity contribution in [3.63, 3.8) is 0 Å². The molecule has 5 heteroatoms. The van der Waals surface area contributed by atoms with Crippen molar-refractivity contribution in [2.24, 2.45) is 0 Å². The lowest BCUT2D eigenvalue weighted by Crippen LogP contribution is -2.02. The molecule has 1 aromatic heterocycles. The zero-order chi connectivity index (χ0) is 15.4. The van der Waals surface area contributed by atoms with Gasteiger partial charge in [-0.1, -0.05) is 47.7 Å². The molecule has 0 saturated carbocycles. The van der Waals surface area contributed by atoms with Gasteiger partial charge in [-0.2, -0.15) is 0 Å². The monoisotopic (exact) mass is 308 g/mol. The molecular formula is C17H16N4S. The van der Waals surface area contributed by atoms with Crippen LogP contribution in [0.25, 0.3) is 0 Å². The summed E-state index contributed by atoms with van der Waals surface area (Å²) in [6, 6.07) is 18.1. The molecule has 0 spiro atoms. The number of benzene rings is 2. The molecule has 2 aromatic carbocycles. The number of aryl methyl sites for hydroxylation is 1. The van der Waals surface area contributed by atoms with Crippen LogP contribution >= 0.6 is 11.8 Å². The normalized spacial score (nSPS) is 10.4. The standard InChI is InChI=1S/C17H16N4S/c1-12-7-9-13(10-8-12)21-16-15(18)17(20-11-19-16)22-14-5-3-2-4-6-14/h2-11H,18H2,1H3,(H,19,20,21). The van der Waals surface area contributed by atoms with Crippen molar-refractivity contribution >= 4 is 29.0 Å². The second-order valence-electron chi connectivity index (χ2n) is 4.85. The molecule has 110 valence electrons. The second-order valence-corrected chi connectivity index (χ2v) is 5.91. The Morgan fingerprint density at radius 2 is 1.68 bits per heavy atom. The van der Waals surface area contributed by atoms with Crippen molar-refractivity contribution < 1.29 is 0 Å². The van der Waals surface area contributed by atoms with E-state index in [0.717, 1.165) is 15.6 Å². The largest absolute Gasteiger partial charge is 0.394 e. The molecule has 3 rings (SSSR count). The fraction of sp³-hybridized carbons (Fsp3) is 0.0588. The van der Waals surface area contributed by atoms with Crippen LogP contribution in [0.1, 0.15) is 5.56 Å². The van der Waals surface area contributed by atoms with Gasteiger partial charge in [-0.25, -0.2) is 9.97 Å². The van der Waals surface area contributed by atoms with Crippen LogP contribution in [0.3, 0.4) is 0 Å². The van der Waals surface area contributed by atoms with Crippen molar-refractivity contribution in [2.75, 3.05) is 11.1 Å².